The van der Waals surface area contributed by atoms with Crippen molar-refractivity contribution >= 4 is 23.2 Å². The summed E-state index contributed by atoms with van der Waals surface area (Å²) in [6.07, 6.45) is 0.938. The fourth-order valence-electron chi connectivity index (χ4n) is 1.73. The van der Waals surface area contributed by atoms with Gasteiger partial charge >= 0.3 is 5.97 Å². The number of amides is 1. The average Bonchev–Trinajstić information content (AvgIpc) is 2.79. The largest absolute Gasteiger partial charge is 0.469 e. The highest BCUT2D eigenvalue weighted by Crippen LogP contribution is 2.16. The van der Waals surface area contributed by atoms with Crippen LogP contribution in [-0.4, -0.2) is 44.0 Å². The molecule has 0 aliphatic rings. The first kappa shape index (κ1) is 16.7. The Labute approximate surface area is 123 Å². The van der Waals surface area contributed by atoms with E-state index in [4.69, 9.17) is 0 Å². The molecular weight excluding hydrogens is 276 g/mol. The lowest BCUT2D eigenvalue weighted by atomic mass is 10.3. The van der Waals surface area contributed by atoms with Gasteiger partial charge in [0.1, 0.15) is 0 Å². The third-order valence-electron chi connectivity index (χ3n) is 2.90. The SMILES string of the molecule is COC(=O)CCCNC(=O)CN(C)Cc1sccc1C. The normalized spacial score (nSPS) is 10.6. The zero-order valence-electron chi connectivity index (χ0n) is 12.3. The van der Waals surface area contributed by atoms with Gasteiger partial charge in [-0.15, -0.1) is 11.3 Å². The molecule has 0 aliphatic carbocycles. The summed E-state index contributed by atoms with van der Waals surface area (Å²) >= 11 is 1.71. The summed E-state index contributed by atoms with van der Waals surface area (Å²) in [5.74, 6) is -0.267. The molecule has 1 aromatic heterocycles. The van der Waals surface area contributed by atoms with Crippen LogP contribution in [0.2, 0.25) is 0 Å². The van der Waals surface area contributed by atoms with E-state index in [0.29, 0.717) is 25.9 Å². The van der Waals surface area contributed by atoms with Crippen LogP contribution in [0.4, 0.5) is 0 Å². The Hall–Kier alpha value is -1.40. The molecular formula is C14H22N2O3S. The summed E-state index contributed by atoms with van der Waals surface area (Å²) in [7, 11) is 3.29. The van der Waals surface area contributed by atoms with Crippen LogP contribution < -0.4 is 5.32 Å². The predicted octanol–water partition coefficient (Wildman–Crippen LogP) is 1.56. The van der Waals surface area contributed by atoms with E-state index < -0.39 is 0 Å². The molecule has 0 saturated heterocycles. The van der Waals surface area contributed by atoms with Crippen LogP contribution >= 0.6 is 11.3 Å². The molecule has 1 N–H and O–H groups in total. The molecule has 0 aromatic carbocycles. The molecule has 0 aliphatic heterocycles. The molecule has 6 heteroatoms. The number of nitrogens with one attached hydrogen (secondary N) is 1. The van der Waals surface area contributed by atoms with Crippen LogP contribution in [0.25, 0.3) is 0 Å². The van der Waals surface area contributed by atoms with Crippen molar-refractivity contribution in [3.05, 3.63) is 21.9 Å². The summed E-state index contributed by atoms with van der Waals surface area (Å²) < 4.78 is 4.53. The van der Waals surface area contributed by atoms with Crippen molar-refractivity contribution in [2.24, 2.45) is 0 Å². The van der Waals surface area contributed by atoms with Gasteiger partial charge < -0.3 is 10.1 Å². The van der Waals surface area contributed by atoms with Crippen molar-refractivity contribution in [3.63, 3.8) is 0 Å². The van der Waals surface area contributed by atoms with E-state index in [0.717, 1.165) is 6.54 Å². The number of thiophene rings is 1. The standard InChI is InChI=1S/C14H22N2O3S/c1-11-6-8-20-12(11)9-16(2)10-13(17)15-7-4-5-14(18)19-3/h6,8H,4-5,7,9-10H2,1-3H3,(H,15,17). The number of likely N-dealkylation sites (N-methyl/N-ethyl adjacent to an activating group) is 1. The molecule has 1 amide bonds. The summed E-state index contributed by atoms with van der Waals surface area (Å²) in [6.45, 7) is 3.71. The lowest BCUT2D eigenvalue weighted by Crippen LogP contribution is -2.35. The monoisotopic (exact) mass is 298 g/mol. The number of hydrogen-bond acceptors (Lipinski definition) is 5. The first-order valence-electron chi connectivity index (χ1n) is 6.58. The summed E-state index contributed by atoms with van der Waals surface area (Å²) in [5.41, 5.74) is 1.26. The predicted molar refractivity (Wildman–Crippen MR) is 79.6 cm³/mol. The van der Waals surface area contributed by atoms with Crippen molar-refractivity contribution < 1.29 is 14.3 Å². The van der Waals surface area contributed by atoms with Gasteiger partial charge in [-0.05, 0) is 37.4 Å². The zero-order valence-corrected chi connectivity index (χ0v) is 13.1. The Balaban J connectivity index is 2.18. The average molecular weight is 298 g/mol. The van der Waals surface area contributed by atoms with Crippen LogP contribution in [-0.2, 0) is 20.9 Å². The maximum absolute atomic E-state index is 11.7. The van der Waals surface area contributed by atoms with Crippen molar-refractivity contribution in [3.8, 4) is 0 Å². The van der Waals surface area contributed by atoms with Gasteiger partial charge in [-0.1, -0.05) is 0 Å². The molecule has 0 unspecified atom stereocenters. The van der Waals surface area contributed by atoms with E-state index >= 15 is 0 Å². The Morgan fingerprint density at radius 3 is 2.80 bits per heavy atom. The number of carbonyl (C=O) groups excluding carboxylic acids is 2. The van der Waals surface area contributed by atoms with Crippen molar-refractivity contribution in [1.82, 2.24) is 10.2 Å². The quantitative estimate of drug-likeness (QED) is 0.584. The number of rotatable bonds is 8. The third kappa shape index (κ3) is 6.16. The number of esters is 1. The highest BCUT2D eigenvalue weighted by atomic mass is 32.1. The molecule has 5 nitrogen and oxygen atoms in total. The van der Waals surface area contributed by atoms with Crippen molar-refractivity contribution in [1.29, 1.82) is 0 Å². The number of ether oxygens (including phenoxy) is 1. The Kier molecular flexibility index (Phi) is 7.25. The maximum atomic E-state index is 11.7. The van der Waals surface area contributed by atoms with Crippen LogP contribution in [0.1, 0.15) is 23.3 Å². The highest BCUT2D eigenvalue weighted by molar-refractivity contribution is 7.10. The Morgan fingerprint density at radius 1 is 1.45 bits per heavy atom. The van der Waals surface area contributed by atoms with Gasteiger partial charge in [-0.3, -0.25) is 14.5 Å². The van der Waals surface area contributed by atoms with E-state index in [2.05, 4.69) is 28.4 Å². The molecule has 0 fully saturated rings. The van der Waals surface area contributed by atoms with E-state index in [1.54, 1.807) is 11.3 Å². The third-order valence-corrected chi connectivity index (χ3v) is 3.91. The van der Waals surface area contributed by atoms with Crippen LogP contribution in [0.5, 0.6) is 0 Å². The second-order valence-electron chi connectivity index (χ2n) is 4.73. The first-order valence-corrected chi connectivity index (χ1v) is 7.46. The second kappa shape index (κ2) is 8.71. The number of carbonyl (C=O) groups is 2. The van der Waals surface area contributed by atoms with Gasteiger partial charge in [0.25, 0.3) is 0 Å². The van der Waals surface area contributed by atoms with Crippen LogP contribution in [0.15, 0.2) is 11.4 Å². The molecule has 0 saturated carbocycles. The van der Waals surface area contributed by atoms with E-state index in [9.17, 15) is 9.59 Å². The van der Waals surface area contributed by atoms with Gasteiger partial charge in [-0.25, -0.2) is 0 Å². The minimum atomic E-state index is -0.246. The lowest BCUT2D eigenvalue weighted by Gasteiger charge is -2.15. The van der Waals surface area contributed by atoms with Gasteiger partial charge in [0.15, 0.2) is 0 Å². The van der Waals surface area contributed by atoms with E-state index in [1.807, 2.05) is 11.9 Å². The minimum absolute atomic E-state index is 0.0217. The maximum Gasteiger partial charge on any atom is 0.305 e. The molecule has 1 aromatic rings. The number of nitrogens with zero attached hydrogens (tertiary/aromatic N) is 1. The van der Waals surface area contributed by atoms with Crippen molar-refractivity contribution in [2.45, 2.75) is 26.3 Å². The number of methoxy groups -OCH3 is 1. The molecule has 1 rings (SSSR count). The number of hydrogen-bond donors (Lipinski definition) is 1. The smallest absolute Gasteiger partial charge is 0.305 e. The molecule has 0 radical (unpaired) electrons. The molecule has 1 heterocycles. The Morgan fingerprint density at radius 2 is 2.20 bits per heavy atom. The first-order chi connectivity index (χ1) is 9.52. The molecule has 20 heavy (non-hydrogen) atoms. The van der Waals surface area contributed by atoms with E-state index in [1.165, 1.54) is 17.6 Å². The minimum Gasteiger partial charge on any atom is -0.469 e. The fourth-order valence-corrected chi connectivity index (χ4v) is 2.72. The van der Waals surface area contributed by atoms with Crippen LogP contribution in [0, 0.1) is 6.92 Å². The van der Waals surface area contributed by atoms with Gasteiger partial charge in [-0.2, -0.15) is 0 Å². The van der Waals surface area contributed by atoms with Crippen molar-refractivity contribution in [2.75, 3.05) is 27.2 Å². The van der Waals surface area contributed by atoms with Gasteiger partial charge in [0, 0.05) is 24.4 Å². The summed E-state index contributed by atoms with van der Waals surface area (Å²) in [6, 6.07) is 2.08. The topological polar surface area (TPSA) is 58.6 Å². The molecule has 0 spiro atoms. The second-order valence-corrected chi connectivity index (χ2v) is 5.73. The summed E-state index contributed by atoms with van der Waals surface area (Å²) in [5, 5.41) is 4.86. The fraction of sp³-hybridized carbons (Fsp3) is 0.571. The van der Waals surface area contributed by atoms with Gasteiger partial charge in [0.2, 0.25) is 5.91 Å². The summed E-state index contributed by atoms with van der Waals surface area (Å²) in [4.78, 5) is 25.9. The number of aryl methyl sites for hydroxylation is 1. The zero-order chi connectivity index (χ0) is 15.0. The van der Waals surface area contributed by atoms with Gasteiger partial charge in [0.05, 0.1) is 13.7 Å². The van der Waals surface area contributed by atoms with Crippen LogP contribution in [0.3, 0.4) is 0 Å². The lowest BCUT2D eigenvalue weighted by molar-refractivity contribution is -0.140. The van der Waals surface area contributed by atoms with E-state index in [-0.39, 0.29) is 11.9 Å². The Bertz CT molecular complexity index is 445. The molecule has 0 bridgehead atoms. The highest BCUT2D eigenvalue weighted by Gasteiger charge is 2.09. The molecule has 112 valence electrons. The molecule has 0 atom stereocenters.